The van der Waals surface area contributed by atoms with Crippen molar-refractivity contribution in [1.29, 1.82) is 0 Å². The van der Waals surface area contributed by atoms with Gasteiger partial charge in [-0.2, -0.15) is 4.37 Å². The van der Waals surface area contributed by atoms with E-state index in [2.05, 4.69) is 4.37 Å². The Morgan fingerprint density at radius 2 is 2.24 bits per heavy atom. The Hall–Kier alpha value is -1.13. The lowest BCUT2D eigenvalue weighted by Crippen LogP contribution is -2.42. The van der Waals surface area contributed by atoms with E-state index in [4.69, 9.17) is 11.6 Å². The van der Waals surface area contributed by atoms with Crippen molar-refractivity contribution >= 4 is 39.2 Å². The van der Waals surface area contributed by atoms with Crippen molar-refractivity contribution < 1.29 is 9.90 Å². The van der Waals surface area contributed by atoms with Crippen LogP contribution in [-0.2, 0) is 10.2 Å². The number of rotatable bonds is 2. The molecule has 1 aromatic carbocycles. The molecule has 1 aliphatic rings. The zero-order chi connectivity index (χ0) is 12.0. The van der Waals surface area contributed by atoms with Gasteiger partial charge in [0.15, 0.2) is 0 Å². The van der Waals surface area contributed by atoms with Gasteiger partial charge in [-0.05, 0) is 42.6 Å². The number of benzene rings is 1. The maximum atomic E-state index is 11.5. The molecule has 1 aromatic heterocycles. The maximum absolute atomic E-state index is 11.5. The van der Waals surface area contributed by atoms with Crippen LogP contribution in [0.4, 0.5) is 0 Å². The zero-order valence-electron chi connectivity index (χ0n) is 8.94. The predicted molar refractivity (Wildman–Crippen MR) is 67.8 cm³/mol. The monoisotopic (exact) mass is 267 g/mol. The molecule has 17 heavy (non-hydrogen) atoms. The van der Waals surface area contributed by atoms with Crippen molar-refractivity contribution in [3.8, 4) is 0 Å². The van der Waals surface area contributed by atoms with E-state index in [0.717, 1.165) is 16.5 Å². The first-order valence-corrected chi connectivity index (χ1v) is 6.57. The molecular formula is C12H10ClNO2S. The van der Waals surface area contributed by atoms with Crippen LogP contribution in [0.25, 0.3) is 10.1 Å². The number of carboxylic acid groups (broad SMARTS) is 1. The predicted octanol–water partition coefficient (Wildman–Crippen LogP) is 3.46. The van der Waals surface area contributed by atoms with Gasteiger partial charge in [0.1, 0.15) is 5.41 Å². The number of aromatic nitrogens is 1. The number of hydrogen-bond donors (Lipinski definition) is 1. The van der Waals surface area contributed by atoms with Crippen molar-refractivity contribution in [2.45, 2.75) is 24.7 Å². The van der Waals surface area contributed by atoms with Gasteiger partial charge in [0.05, 0.1) is 10.4 Å². The Kier molecular flexibility index (Phi) is 2.38. The molecule has 0 radical (unpaired) electrons. The molecule has 0 aliphatic heterocycles. The van der Waals surface area contributed by atoms with E-state index in [1.807, 2.05) is 12.1 Å². The summed E-state index contributed by atoms with van der Waals surface area (Å²) in [7, 11) is 0. The van der Waals surface area contributed by atoms with Crippen molar-refractivity contribution in [2.75, 3.05) is 0 Å². The minimum Gasteiger partial charge on any atom is -0.481 e. The molecule has 88 valence electrons. The Morgan fingerprint density at radius 3 is 2.82 bits per heavy atom. The summed E-state index contributed by atoms with van der Waals surface area (Å²) in [6.07, 6.45) is 2.30. The maximum Gasteiger partial charge on any atom is 0.315 e. The van der Waals surface area contributed by atoms with Gasteiger partial charge in [0.2, 0.25) is 0 Å². The number of carbonyl (C=O) groups is 1. The Morgan fingerprint density at radius 1 is 1.47 bits per heavy atom. The summed E-state index contributed by atoms with van der Waals surface area (Å²) in [4.78, 5) is 11.5. The lowest BCUT2D eigenvalue weighted by Gasteiger charge is -2.36. The Balaban J connectivity index is 2.23. The van der Waals surface area contributed by atoms with Gasteiger partial charge in [0.25, 0.3) is 0 Å². The van der Waals surface area contributed by atoms with E-state index in [-0.39, 0.29) is 0 Å². The largest absolute Gasteiger partial charge is 0.481 e. The molecule has 0 spiro atoms. The lowest BCUT2D eigenvalue weighted by atomic mass is 9.66. The third kappa shape index (κ3) is 1.47. The summed E-state index contributed by atoms with van der Waals surface area (Å²) in [6, 6.07) is 5.52. The number of aliphatic carboxylic acids is 1. The first-order valence-electron chi connectivity index (χ1n) is 5.42. The molecule has 0 amide bonds. The summed E-state index contributed by atoms with van der Waals surface area (Å²) in [5.41, 5.74) is -0.0816. The minimum atomic E-state index is -0.775. The number of nitrogens with zero attached hydrogens (tertiary/aromatic N) is 1. The van der Waals surface area contributed by atoms with E-state index in [0.29, 0.717) is 23.6 Å². The van der Waals surface area contributed by atoms with Crippen molar-refractivity contribution in [3.63, 3.8) is 0 Å². The molecule has 2 aromatic rings. The quantitative estimate of drug-likeness (QED) is 0.907. The second kappa shape index (κ2) is 3.68. The Bertz CT molecular complexity index is 604. The average Bonchev–Trinajstić information content (AvgIpc) is 2.60. The summed E-state index contributed by atoms with van der Waals surface area (Å²) >= 11 is 7.31. The van der Waals surface area contributed by atoms with Crippen LogP contribution in [0.5, 0.6) is 0 Å². The molecule has 1 aliphatic carbocycles. The van der Waals surface area contributed by atoms with E-state index < -0.39 is 11.4 Å². The topological polar surface area (TPSA) is 50.2 Å². The van der Waals surface area contributed by atoms with Gasteiger partial charge in [-0.25, -0.2) is 0 Å². The van der Waals surface area contributed by atoms with Crippen molar-refractivity contribution in [2.24, 2.45) is 0 Å². The zero-order valence-corrected chi connectivity index (χ0v) is 10.5. The van der Waals surface area contributed by atoms with Crippen molar-refractivity contribution in [1.82, 2.24) is 4.37 Å². The number of halogens is 1. The van der Waals surface area contributed by atoms with E-state index in [1.54, 1.807) is 6.07 Å². The summed E-state index contributed by atoms with van der Waals surface area (Å²) < 4.78 is 5.35. The van der Waals surface area contributed by atoms with Gasteiger partial charge < -0.3 is 5.11 Å². The van der Waals surface area contributed by atoms with E-state index in [1.165, 1.54) is 11.5 Å². The van der Waals surface area contributed by atoms with Crippen molar-refractivity contribution in [3.05, 3.63) is 28.9 Å². The van der Waals surface area contributed by atoms with Crippen LogP contribution < -0.4 is 0 Å². The third-order valence-electron chi connectivity index (χ3n) is 3.50. The van der Waals surface area contributed by atoms with Crippen LogP contribution in [0, 0.1) is 0 Å². The van der Waals surface area contributed by atoms with Gasteiger partial charge in [-0.3, -0.25) is 4.79 Å². The second-order valence-corrected chi connectivity index (χ2v) is 5.65. The normalized spacial score (nSPS) is 17.9. The van der Waals surface area contributed by atoms with Gasteiger partial charge in [-0.1, -0.05) is 18.0 Å². The molecule has 0 bridgehead atoms. The van der Waals surface area contributed by atoms with Crippen LogP contribution in [0.1, 0.15) is 25.0 Å². The minimum absolute atomic E-state index is 0.624. The van der Waals surface area contributed by atoms with Crippen LogP contribution >= 0.6 is 23.1 Å². The highest BCUT2D eigenvalue weighted by Gasteiger charge is 2.48. The molecule has 1 saturated carbocycles. The Labute approximate surface area is 107 Å². The summed E-state index contributed by atoms with van der Waals surface area (Å²) in [6.45, 7) is 0. The summed E-state index contributed by atoms with van der Waals surface area (Å²) in [5, 5.41) is 10.9. The molecule has 3 rings (SSSR count). The third-order valence-corrected chi connectivity index (χ3v) is 4.56. The SMILES string of the molecule is O=C(O)C1(c2nsc3ccc(Cl)cc23)CCC1. The van der Waals surface area contributed by atoms with Gasteiger partial charge in [-0.15, -0.1) is 0 Å². The molecule has 0 saturated heterocycles. The first-order chi connectivity index (χ1) is 8.13. The fourth-order valence-corrected chi connectivity index (χ4v) is 3.36. The first kappa shape index (κ1) is 11.0. The average molecular weight is 268 g/mol. The highest BCUT2D eigenvalue weighted by Crippen LogP contribution is 2.46. The van der Waals surface area contributed by atoms with Crippen LogP contribution in [0.3, 0.4) is 0 Å². The molecule has 3 nitrogen and oxygen atoms in total. The number of hydrogen-bond acceptors (Lipinski definition) is 3. The molecule has 5 heteroatoms. The van der Waals surface area contributed by atoms with Gasteiger partial charge >= 0.3 is 5.97 Å². The van der Waals surface area contributed by atoms with Crippen LogP contribution in [0.2, 0.25) is 5.02 Å². The standard InChI is InChI=1S/C12H10ClNO2S/c13-7-2-3-9-8(6-7)10(14-17-9)12(11(15)16)4-1-5-12/h2-3,6H,1,4-5H2,(H,15,16). The second-order valence-electron chi connectivity index (χ2n) is 4.41. The smallest absolute Gasteiger partial charge is 0.315 e. The molecule has 1 N–H and O–H groups in total. The highest BCUT2D eigenvalue weighted by molar-refractivity contribution is 7.13. The fourth-order valence-electron chi connectivity index (χ4n) is 2.34. The number of fused-ring (bicyclic) bond motifs is 1. The van der Waals surface area contributed by atoms with Crippen LogP contribution in [-0.4, -0.2) is 15.4 Å². The summed E-state index contributed by atoms with van der Waals surface area (Å²) in [5.74, 6) is -0.768. The van der Waals surface area contributed by atoms with E-state index in [9.17, 15) is 9.90 Å². The van der Waals surface area contributed by atoms with E-state index >= 15 is 0 Å². The van der Waals surface area contributed by atoms with Crippen LogP contribution in [0.15, 0.2) is 18.2 Å². The molecule has 1 heterocycles. The van der Waals surface area contributed by atoms with Gasteiger partial charge in [0, 0.05) is 10.4 Å². The number of carboxylic acids is 1. The molecule has 0 unspecified atom stereocenters. The molecule has 0 atom stereocenters. The molecular weight excluding hydrogens is 258 g/mol. The highest BCUT2D eigenvalue weighted by atomic mass is 35.5. The lowest BCUT2D eigenvalue weighted by molar-refractivity contribution is -0.147. The fraction of sp³-hybridized carbons (Fsp3) is 0.333. The molecule has 1 fully saturated rings.